The third kappa shape index (κ3) is 5.17. The van der Waals surface area contributed by atoms with Gasteiger partial charge in [-0.25, -0.2) is 19.9 Å². The highest BCUT2D eigenvalue weighted by Crippen LogP contribution is 2.22. The Kier molecular flexibility index (Phi) is 5.99. The molecule has 1 saturated heterocycles. The van der Waals surface area contributed by atoms with Crippen LogP contribution in [0.5, 0.6) is 0 Å². The van der Waals surface area contributed by atoms with Crippen LogP contribution in [0.25, 0.3) is 22.8 Å². The van der Waals surface area contributed by atoms with Crippen LogP contribution in [0.15, 0.2) is 30.9 Å². The van der Waals surface area contributed by atoms with Gasteiger partial charge in [0.25, 0.3) is 5.91 Å². The van der Waals surface area contributed by atoms with Crippen LogP contribution >= 0.6 is 0 Å². The first-order valence-corrected chi connectivity index (χ1v) is 9.85. The number of rotatable bonds is 5. The van der Waals surface area contributed by atoms with Crippen LogP contribution in [0.2, 0.25) is 0 Å². The number of carbonyl (C=O) groups is 1. The average molecular weight is 447 g/mol. The van der Waals surface area contributed by atoms with Gasteiger partial charge in [-0.3, -0.25) is 9.48 Å². The molecule has 1 aliphatic rings. The van der Waals surface area contributed by atoms with E-state index in [2.05, 4.69) is 35.7 Å². The van der Waals surface area contributed by atoms with Crippen molar-refractivity contribution in [3.05, 3.63) is 36.5 Å². The Balaban J connectivity index is 1.56. The molecule has 0 bridgehead atoms. The quantitative estimate of drug-likeness (QED) is 0.534. The number of amides is 1. The van der Waals surface area contributed by atoms with Crippen molar-refractivity contribution in [3.63, 3.8) is 0 Å². The zero-order chi connectivity index (χ0) is 22.7. The fourth-order valence-corrected chi connectivity index (χ4v) is 3.31. The number of carbonyl (C=O) groups excluding carboxylic acids is 1. The Morgan fingerprint density at radius 3 is 2.84 bits per heavy atom. The summed E-state index contributed by atoms with van der Waals surface area (Å²) in [4.78, 5) is 29.5. The van der Waals surface area contributed by atoms with Gasteiger partial charge in [0, 0.05) is 30.5 Å². The van der Waals surface area contributed by atoms with E-state index in [0.29, 0.717) is 17.8 Å². The zero-order valence-electron chi connectivity index (χ0n) is 16.8. The molecule has 4 rings (SSSR count). The van der Waals surface area contributed by atoms with Gasteiger partial charge in [-0.15, -0.1) is 0 Å². The predicted octanol–water partition coefficient (Wildman–Crippen LogP) is 1.42. The number of hydrogen-bond acceptors (Lipinski definition) is 8. The molecule has 168 valence electrons. The van der Waals surface area contributed by atoms with Crippen molar-refractivity contribution in [1.29, 1.82) is 0 Å². The summed E-state index contributed by atoms with van der Waals surface area (Å²) < 4.78 is 38.5. The Labute approximate surface area is 180 Å². The second-order valence-electron chi connectivity index (χ2n) is 7.31. The van der Waals surface area contributed by atoms with E-state index in [1.54, 1.807) is 0 Å². The molecule has 10 nitrogen and oxygen atoms in total. The number of halogens is 3. The number of piperidine rings is 1. The number of nitrogen functional groups attached to an aromatic ring is 1. The van der Waals surface area contributed by atoms with Gasteiger partial charge in [-0.1, -0.05) is 0 Å². The van der Waals surface area contributed by atoms with Crippen LogP contribution in [0, 0.1) is 0 Å². The first kappa shape index (κ1) is 21.6. The van der Waals surface area contributed by atoms with Gasteiger partial charge >= 0.3 is 6.18 Å². The van der Waals surface area contributed by atoms with Crippen LogP contribution in [-0.4, -0.2) is 60.9 Å². The second-order valence-corrected chi connectivity index (χ2v) is 7.31. The molecule has 1 amide bonds. The predicted molar refractivity (Wildman–Crippen MR) is 108 cm³/mol. The molecule has 4 N–H and O–H groups in total. The number of nitrogens with zero attached hydrogens (tertiary/aromatic N) is 6. The minimum atomic E-state index is -4.38. The SMILES string of the molecule is Nc1ncc(-c2nccc(-c3cnn(CC(F)(F)F)c3)n2)nc1C(=O)NC1CCCNC1. The fourth-order valence-electron chi connectivity index (χ4n) is 3.31. The van der Waals surface area contributed by atoms with Crippen molar-refractivity contribution in [2.24, 2.45) is 0 Å². The highest BCUT2D eigenvalue weighted by molar-refractivity contribution is 5.96. The maximum absolute atomic E-state index is 12.7. The summed E-state index contributed by atoms with van der Waals surface area (Å²) in [6.45, 7) is 0.363. The summed E-state index contributed by atoms with van der Waals surface area (Å²) in [7, 11) is 0. The van der Waals surface area contributed by atoms with Crippen LogP contribution in [-0.2, 0) is 6.54 Å². The number of alkyl halides is 3. The number of anilines is 1. The van der Waals surface area contributed by atoms with Gasteiger partial charge in [0.05, 0.1) is 18.1 Å². The molecule has 0 aromatic carbocycles. The second kappa shape index (κ2) is 8.86. The lowest BCUT2D eigenvalue weighted by atomic mass is 10.1. The van der Waals surface area contributed by atoms with E-state index in [-0.39, 0.29) is 29.1 Å². The zero-order valence-corrected chi connectivity index (χ0v) is 16.8. The molecule has 4 heterocycles. The van der Waals surface area contributed by atoms with Gasteiger partial charge in [0.1, 0.15) is 12.2 Å². The summed E-state index contributed by atoms with van der Waals surface area (Å²) in [5.74, 6) is -0.332. The Morgan fingerprint density at radius 2 is 2.09 bits per heavy atom. The molecule has 1 fully saturated rings. The van der Waals surface area contributed by atoms with E-state index in [1.165, 1.54) is 30.9 Å². The molecule has 1 aliphatic heterocycles. The van der Waals surface area contributed by atoms with Gasteiger partial charge in [0.15, 0.2) is 17.3 Å². The smallest absolute Gasteiger partial charge is 0.382 e. The van der Waals surface area contributed by atoms with E-state index in [0.717, 1.165) is 24.1 Å². The molecule has 0 aliphatic carbocycles. The Hall–Kier alpha value is -3.61. The van der Waals surface area contributed by atoms with Gasteiger partial charge in [-0.05, 0) is 25.5 Å². The van der Waals surface area contributed by atoms with Gasteiger partial charge < -0.3 is 16.4 Å². The lowest BCUT2D eigenvalue weighted by Crippen LogP contribution is -2.46. The van der Waals surface area contributed by atoms with Crippen LogP contribution in [0.4, 0.5) is 19.0 Å². The highest BCUT2D eigenvalue weighted by Gasteiger charge is 2.28. The molecule has 1 atom stereocenters. The normalized spacial score (nSPS) is 16.7. The van der Waals surface area contributed by atoms with Crippen molar-refractivity contribution in [2.45, 2.75) is 31.6 Å². The number of aromatic nitrogens is 6. The molecule has 0 radical (unpaired) electrons. The topological polar surface area (TPSA) is 137 Å². The maximum Gasteiger partial charge on any atom is 0.408 e. The molecule has 0 saturated carbocycles. The molecule has 32 heavy (non-hydrogen) atoms. The highest BCUT2D eigenvalue weighted by atomic mass is 19.4. The summed E-state index contributed by atoms with van der Waals surface area (Å²) in [5.41, 5.74) is 6.74. The first-order valence-electron chi connectivity index (χ1n) is 9.85. The maximum atomic E-state index is 12.7. The lowest BCUT2D eigenvalue weighted by Gasteiger charge is -2.23. The Bertz CT molecular complexity index is 1110. The van der Waals surface area contributed by atoms with Crippen molar-refractivity contribution in [3.8, 4) is 22.8 Å². The first-order chi connectivity index (χ1) is 15.3. The molecule has 0 spiro atoms. The van der Waals surface area contributed by atoms with Crippen molar-refractivity contribution in [2.75, 3.05) is 18.8 Å². The number of nitrogens with one attached hydrogen (secondary N) is 2. The molecular weight excluding hydrogens is 427 g/mol. The molecular formula is C19H20F3N9O. The summed E-state index contributed by atoms with van der Waals surface area (Å²) in [6, 6.07) is 1.50. The molecule has 3 aromatic heterocycles. The van der Waals surface area contributed by atoms with Crippen molar-refractivity contribution >= 4 is 11.7 Å². The summed E-state index contributed by atoms with van der Waals surface area (Å²) in [5, 5.41) is 9.81. The van der Waals surface area contributed by atoms with Crippen molar-refractivity contribution < 1.29 is 18.0 Å². The van der Waals surface area contributed by atoms with Gasteiger partial charge in [0.2, 0.25) is 0 Å². The fraction of sp³-hybridized carbons (Fsp3) is 0.368. The van der Waals surface area contributed by atoms with E-state index < -0.39 is 18.6 Å². The Morgan fingerprint density at radius 1 is 1.25 bits per heavy atom. The monoisotopic (exact) mass is 447 g/mol. The van der Waals surface area contributed by atoms with Gasteiger partial charge in [-0.2, -0.15) is 18.3 Å². The average Bonchev–Trinajstić information content (AvgIpc) is 3.21. The van der Waals surface area contributed by atoms with E-state index in [1.807, 2.05) is 0 Å². The molecule has 3 aromatic rings. The van der Waals surface area contributed by atoms with E-state index >= 15 is 0 Å². The minimum absolute atomic E-state index is 0.0281. The third-order valence-corrected chi connectivity index (χ3v) is 4.80. The van der Waals surface area contributed by atoms with Crippen LogP contribution in [0.3, 0.4) is 0 Å². The standard InChI is InChI=1S/C19H20F3N9O/c20-19(21,22)10-31-9-11(6-27-31)13-3-5-25-17(30-13)14-8-26-16(23)15(29-14)18(32)28-12-2-1-4-24-7-12/h3,5-6,8-9,12,24H,1-2,4,7,10H2,(H2,23,26)(H,28,32). The van der Waals surface area contributed by atoms with E-state index in [9.17, 15) is 18.0 Å². The van der Waals surface area contributed by atoms with Crippen LogP contribution < -0.4 is 16.4 Å². The minimum Gasteiger partial charge on any atom is -0.382 e. The third-order valence-electron chi connectivity index (χ3n) is 4.80. The van der Waals surface area contributed by atoms with Crippen LogP contribution in [0.1, 0.15) is 23.3 Å². The number of nitrogens with two attached hydrogens (primary N) is 1. The molecule has 13 heteroatoms. The summed E-state index contributed by atoms with van der Waals surface area (Å²) in [6.07, 6.45) is 2.70. The van der Waals surface area contributed by atoms with E-state index in [4.69, 9.17) is 5.73 Å². The summed E-state index contributed by atoms with van der Waals surface area (Å²) >= 11 is 0. The number of hydrogen-bond donors (Lipinski definition) is 3. The molecule has 1 unspecified atom stereocenters. The van der Waals surface area contributed by atoms with Crippen molar-refractivity contribution in [1.82, 2.24) is 40.3 Å². The lowest BCUT2D eigenvalue weighted by molar-refractivity contribution is -0.142. The largest absolute Gasteiger partial charge is 0.408 e.